The minimum atomic E-state index is -1.64. The molecule has 2 aromatic rings. The van der Waals surface area contributed by atoms with E-state index in [1.165, 1.54) is 13.8 Å². The molecule has 2 rings (SSSR count). The minimum absolute atomic E-state index is 0.124. The second-order valence-corrected chi connectivity index (χ2v) is 9.23. The molecule has 2 aromatic carbocycles. The van der Waals surface area contributed by atoms with Crippen molar-refractivity contribution in [2.45, 2.75) is 50.6 Å². The Bertz CT molecular complexity index is 1430. The summed E-state index contributed by atoms with van der Waals surface area (Å²) in [5, 5.41) is 48.2. The van der Waals surface area contributed by atoms with Gasteiger partial charge in [0.1, 0.15) is 0 Å². The first kappa shape index (κ1) is 33.9. The average molecular weight is 610 g/mol. The third-order valence-electron chi connectivity index (χ3n) is 5.65. The van der Waals surface area contributed by atoms with Crippen molar-refractivity contribution < 1.29 is 48.6 Å². The van der Waals surface area contributed by atoms with Crippen molar-refractivity contribution in [2.24, 2.45) is 10.2 Å². The van der Waals surface area contributed by atoms with Gasteiger partial charge in [0, 0.05) is 24.3 Å². The Morgan fingerprint density at radius 1 is 0.682 bits per heavy atom. The molecule has 0 aromatic heterocycles. The topological polar surface area (TPSA) is 264 Å². The van der Waals surface area contributed by atoms with Crippen LogP contribution in [-0.2, 0) is 29.1 Å². The van der Waals surface area contributed by atoms with E-state index in [-0.39, 0.29) is 35.3 Å². The van der Waals surface area contributed by atoms with Gasteiger partial charge in [0.05, 0.1) is 46.0 Å². The minimum Gasteiger partial charge on any atom is -0.258 e. The summed E-state index contributed by atoms with van der Waals surface area (Å²) in [5.41, 5.74) is -4.06. The number of rotatable bonds is 12. The first-order chi connectivity index (χ1) is 20.7. The smallest absolute Gasteiger partial charge is 0.258 e. The number of hydrogen-bond acceptors (Lipinski definition) is 16. The zero-order chi connectivity index (χ0) is 32.9. The Hall–Kier alpha value is -6.30. The molecule has 0 bridgehead atoms. The molecule has 2 atom stereocenters. The molecule has 18 nitrogen and oxygen atoms in total. The quantitative estimate of drug-likeness (QED) is 0.142. The van der Waals surface area contributed by atoms with E-state index in [4.69, 9.17) is 0 Å². The van der Waals surface area contributed by atoms with Crippen LogP contribution in [0.4, 0.5) is 11.4 Å². The fourth-order valence-corrected chi connectivity index (χ4v) is 2.95. The molecule has 44 heavy (non-hydrogen) atoms. The number of azo groups is 1. The predicted octanol–water partition coefficient (Wildman–Crippen LogP) is 4.01. The lowest BCUT2D eigenvalue weighted by atomic mass is 9.97. The van der Waals surface area contributed by atoms with Gasteiger partial charge >= 0.3 is 23.9 Å². The summed E-state index contributed by atoms with van der Waals surface area (Å²) in [6.45, 7) is 2.60. The van der Waals surface area contributed by atoms with Gasteiger partial charge in [0.2, 0.25) is 0 Å². The lowest BCUT2D eigenvalue weighted by Crippen LogP contribution is -2.26. The van der Waals surface area contributed by atoms with Crippen LogP contribution in [0.25, 0.3) is 0 Å². The molecule has 0 saturated carbocycles. The molecule has 0 radical (unpaired) electrons. The van der Waals surface area contributed by atoms with E-state index >= 15 is 0 Å². The van der Waals surface area contributed by atoms with Crippen molar-refractivity contribution in [3.8, 4) is 12.1 Å². The lowest BCUT2D eigenvalue weighted by Gasteiger charge is -2.18. The molecule has 0 aliphatic rings. The van der Waals surface area contributed by atoms with Gasteiger partial charge in [-0.3, -0.25) is 20.2 Å². The van der Waals surface area contributed by atoms with E-state index in [1.54, 1.807) is 0 Å². The number of benzene rings is 2. The number of carbonyl (C=O) groups excluding carboxylic acids is 4. The normalized spacial score (nSPS) is 13.2. The summed E-state index contributed by atoms with van der Waals surface area (Å²) < 4.78 is 0. The first-order valence-electron chi connectivity index (χ1n) is 12.3. The number of nitro benzene ring substituents is 2. The molecule has 0 heterocycles. The summed E-state index contributed by atoms with van der Waals surface area (Å²) >= 11 is 0. The number of hydrogen-bond donors (Lipinski definition) is 0. The van der Waals surface area contributed by atoms with Gasteiger partial charge in [-0.25, -0.2) is 38.7 Å². The Morgan fingerprint density at radius 2 is 1.00 bits per heavy atom. The van der Waals surface area contributed by atoms with Crippen molar-refractivity contribution in [3.63, 3.8) is 0 Å². The maximum absolute atomic E-state index is 12.0. The van der Waals surface area contributed by atoms with Gasteiger partial charge < -0.3 is 0 Å². The van der Waals surface area contributed by atoms with Crippen LogP contribution in [0.15, 0.2) is 58.8 Å². The Morgan fingerprint density at radius 3 is 1.27 bits per heavy atom. The van der Waals surface area contributed by atoms with Crippen LogP contribution in [0.3, 0.4) is 0 Å². The van der Waals surface area contributed by atoms with E-state index < -0.39 is 57.6 Å². The molecule has 0 saturated heterocycles. The van der Waals surface area contributed by atoms with Crippen molar-refractivity contribution in [1.29, 1.82) is 10.5 Å². The number of non-ortho nitro benzene ring substituents is 2. The van der Waals surface area contributed by atoms with Crippen LogP contribution < -0.4 is 0 Å². The van der Waals surface area contributed by atoms with Gasteiger partial charge in [-0.15, -0.1) is 0 Å². The SMILES string of the molecule is CC(C#N)(CCC(=O)OOC(=O)c1ccc([N+](=O)[O-])cc1)N=NC(C)(C#N)CCC(=O)OOC(=O)c1ccc([N+](=O)[O-])cc1. The summed E-state index contributed by atoms with van der Waals surface area (Å²) in [4.78, 5) is 85.6. The largest absolute Gasteiger partial charge is 0.386 e. The van der Waals surface area contributed by atoms with Crippen molar-refractivity contribution >= 4 is 35.3 Å². The highest BCUT2D eigenvalue weighted by atomic mass is 17.2. The molecular weight excluding hydrogens is 588 g/mol. The molecular formula is C26H22N6O12. The highest BCUT2D eigenvalue weighted by molar-refractivity contribution is 5.90. The average Bonchev–Trinajstić information content (AvgIpc) is 3.03. The van der Waals surface area contributed by atoms with Gasteiger partial charge in [-0.1, -0.05) is 0 Å². The molecule has 0 aliphatic heterocycles. The molecule has 0 N–H and O–H groups in total. The highest BCUT2D eigenvalue weighted by Gasteiger charge is 2.30. The number of carbonyl (C=O) groups is 4. The summed E-state index contributed by atoms with van der Waals surface area (Å²) in [6, 6.07) is 12.3. The molecule has 2 unspecified atom stereocenters. The van der Waals surface area contributed by atoms with Crippen LogP contribution in [0.2, 0.25) is 0 Å². The zero-order valence-corrected chi connectivity index (χ0v) is 23.0. The maximum atomic E-state index is 12.0. The van der Waals surface area contributed by atoms with Crippen LogP contribution in [-0.4, -0.2) is 44.8 Å². The molecule has 0 amide bonds. The van der Waals surface area contributed by atoms with Crippen LogP contribution in [0, 0.1) is 42.9 Å². The number of nitrogens with zero attached hydrogens (tertiary/aromatic N) is 6. The lowest BCUT2D eigenvalue weighted by molar-refractivity contribution is -0.385. The van der Waals surface area contributed by atoms with Crippen LogP contribution in [0.1, 0.15) is 60.2 Å². The number of nitriles is 2. The third-order valence-corrected chi connectivity index (χ3v) is 5.65. The van der Waals surface area contributed by atoms with Gasteiger partial charge in [-0.05, 0) is 51.0 Å². The van der Waals surface area contributed by atoms with Crippen LogP contribution in [0.5, 0.6) is 0 Å². The second kappa shape index (κ2) is 15.1. The van der Waals surface area contributed by atoms with Crippen LogP contribution >= 0.6 is 0 Å². The van der Waals surface area contributed by atoms with Crippen molar-refractivity contribution in [3.05, 3.63) is 79.9 Å². The van der Waals surface area contributed by atoms with Crippen molar-refractivity contribution in [2.75, 3.05) is 0 Å². The predicted molar refractivity (Wildman–Crippen MR) is 141 cm³/mol. The Labute approximate surface area is 247 Å². The number of nitro groups is 2. The van der Waals surface area contributed by atoms with E-state index in [9.17, 15) is 49.9 Å². The standard InChI is InChI=1S/C26H22N6O12/c1-25(15-27,13-11-21(33)41-43-23(35)17-3-7-19(8-4-17)31(37)38)29-30-26(2,16-28)14-12-22(34)42-44-24(36)18-5-9-20(10-6-18)32(39)40/h3-10H,11-14H2,1-2H3. The third kappa shape index (κ3) is 10.3. The fraction of sp³-hybridized carbons (Fsp3) is 0.308. The van der Waals surface area contributed by atoms with Gasteiger partial charge in [0.25, 0.3) is 11.4 Å². The molecule has 0 spiro atoms. The van der Waals surface area contributed by atoms with Gasteiger partial charge in [0.15, 0.2) is 11.1 Å². The monoisotopic (exact) mass is 610 g/mol. The highest BCUT2D eigenvalue weighted by Crippen LogP contribution is 2.24. The molecule has 0 aliphatic carbocycles. The molecule has 18 heteroatoms. The summed E-state index contributed by atoms with van der Waals surface area (Å²) in [5.74, 6) is -4.29. The first-order valence-corrected chi connectivity index (χ1v) is 12.3. The van der Waals surface area contributed by atoms with E-state index in [0.717, 1.165) is 48.5 Å². The Balaban J connectivity index is 1.84. The molecule has 0 fully saturated rings. The van der Waals surface area contributed by atoms with E-state index in [0.29, 0.717) is 0 Å². The fourth-order valence-electron chi connectivity index (χ4n) is 2.95. The summed E-state index contributed by atoms with van der Waals surface area (Å²) in [6.07, 6.45) is -1.48. The Kier molecular flexibility index (Phi) is 11.6. The molecule has 228 valence electrons. The van der Waals surface area contributed by atoms with E-state index in [2.05, 4.69) is 29.8 Å². The van der Waals surface area contributed by atoms with Crippen molar-refractivity contribution in [1.82, 2.24) is 0 Å². The van der Waals surface area contributed by atoms with Gasteiger partial charge in [-0.2, -0.15) is 20.8 Å². The van der Waals surface area contributed by atoms with E-state index in [1.807, 2.05) is 12.1 Å². The second-order valence-electron chi connectivity index (χ2n) is 9.23. The summed E-state index contributed by atoms with van der Waals surface area (Å²) in [7, 11) is 0. The zero-order valence-electron chi connectivity index (χ0n) is 23.0. The maximum Gasteiger partial charge on any atom is 0.386 e.